The van der Waals surface area contributed by atoms with Gasteiger partial charge in [-0.25, -0.2) is 4.39 Å². The van der Waals surface area contributed by atoms with Crippen LogP contribution in [0.1, 0.15) is 24.2 Å². The molecule has 0 unspecified atom stereocenters. The molecule has 0 aliphatic rings. The smallest absolute Gasteiger partial charge is 0.165 e. The predicted octanol–water partition coefficient (Wildman–Crippen LogP) is 2.23. The van der Waals surface area contributed by atoms with Crippen molar-refractivity contribution >= 4 is 0 Å². The first-order valence-electron chi connectivity index (χ1n) is 6.14. The van der Waals surface area contributed by atoms with E-state index >= 15 is 0 Å². The van der Waals surface area contributed by atoms with E-state index in [1.54, 1.807) is 29.9 Å². The Bertz CT molecular complexity index is 552. The van der Waals surface area contributed by atoms with E-state index in [1.165, 1.54) is 6.07 Å². The van der Waals surface area contributed by atoms with Gasteiger partial charge >= 0.3 is 0 Å². The molecule has 0 aliphatic carbocycles. The van der Waals surface area contributed by atoms with Gasteiger partial charge in [0.05, 0.1) is 18.9 Å². The lowest BCUT2D eigenvalue weighted by atomic mass is 10.1. The van der Waals surface area contributed by atoms with Gasteiger partial charge in [-0.3, -0.25) is 4.68 Å². The lowest BCUT2D eigenvalue weighted by Gasteiger charge is -2.09. The Morgan fingerprint density at radius 3 is 2.84 bits per heavy atom. The molecule has 5 heteroatoms. The van der Waals surface area contributed by atoms with Crippen LogP contribution in [0.4, 0.5) is 4.39 Å². The third-order valence-corrected chi connectivity index (χ3v) is 2.84. The van der Waals surface area contributed by atoms with Gasteiger partial charge in [-0.15, -0.1) is 0 Å². The van der Waals surface area contributed by atoms with Gasteiger partial charge in [0.25, 0.3) is 0 Å². The van der Waals surface area contributed by atoms with E-state index in [0.29, 0.717) is 18.6 Å². The van der Waals surface area contributed by atoms with Crippen molar-refractivity contribution in [1.29, 1.82) is 0 Å². The summed E-state index contributed by atoms with van der Waals surface area (Å²) in [5, 5.41) is 13.4. The second-order valence-electron chi connectivity index (χ2n) is 4.49. The van der Waals surface area contributed by atoms with Crippen LogP contribution in [0.5, 0.6) is 5.75 Å². The molecule has 0 radical (unpaired) electrons. The maximum Gasteiger partial charge on any atom is 0.165 e. The van der Waals surface area contributed by atoms with Crippen molar-refractivity contribution in [2.24, 2.45) is 7.05 Å². The van der Waals surface area contributed by atoms with E-state index < -0.39 is 11.9 Å². The number of rotatable bonds is 5. The topological polar surface area (TPSA) is 47.3 Å². The SMILES string of the molecule is C[C@H](O)c1ccc(OCCc2cnn(C)c2)c(F)c1. The van der Waals surface area contributed by atoms with E-state index in [0.717, 1.165) is 5.56 Å². The molecule has 19 heavy (non-hydrogen) atoms. The minimum Gasteiger partial charge on any atom is -0.490 e. The molecule has 0 fully saturated rings. The summed E-state index contributed by atoms with van der Waals surface area (Å²) in [5.74, 6) is -0.252. The molecule has 2 aromatic rings. The molecule has 1 heterocycles. The van der Waals surface area contributed by atoms with E-state index in [1.807, 2.05) is 13.2 Å². The van der Waals surface area contributed by atoms with Crippen LogP contribution in [0.2, 0.25) is 0 Å². The lowest BCUT2D eigenvalue weighted by molar-refractivity contribution is 0.198. The van der Waals surface area contributed by atoms with Crippen LogP contribution >= 0.6 is 0 Å². The number of ether oxygens (including phenoxy) is 1. The Kier molecular flexibility index (Phi) is 4.16. The van der Waals surface area contributed by atoms with Crippen molar-refractivity contribution in [2.45, 2.75) is 19.4 Å². The van der Waals surface area contributed by atoms with E-state index in [4.69, 9.17) is 4.74 Å². The summed E-state index contributed by atoms with van der Waals surface area (Å²) in [7, 11) is 1.85. The number of aliphatic hydroxyl groups is 1. The molecule has 1 N–H and O–H groups in total. The predicted molar refractivity (Wildman–Crippen MR) is 69.4 cm³/mol. The number of benzene rings is 1. The van der Waals surface area contributed by atoms with Crippen molar-refractivity contribution in [1.82, 2.24) is 9.78 Å². The third kappa shape index (κ3) is 3.54. The highest BCUT2D eigenvalue weighted by Crippen LogP contribution is 2.22. The van der Waals surface area contributed by atoms with Gasteiger partial charge in [0.1, 0.15) is 0 Å². The molecule has 102 valence electrons. The third-order valence-electron chi connectivity index (χ3n) is 2.84. The van der Waals surface area contributed by atoms with Crippen molar-refractivity contribution in [2.75, 3.05) is 6.61 Å². The summed E-state index contributed by atoms with van der Waals surface area (Å²) in [6.45, 7) is 1.98. The highest BCUT2D eigenvalue weighted by Gasteiger charge is 2.08. The Hall–Kier alpha value is -1.88. The first-order chi connectivity index (χ1) is 9.06. The van der Waals surface area contributed by atoms with Crippen molar-refractivity contribution in [3.05, 3.63) is 47.5 Å². The summed E-state index contributed by atoms with van der Waals surface area (Å²) in [6.07, 6.45) is 3.65. The number of hydrogen-bond acceptors (Lipinski definition) is 3. The van der Waals surface area contributed by atoms with Crippen LogP contribution in [0.3, 0.4) is 0 Å². The zero-order valence-corrected chi connectivity index (χ0v) is 11.0. The number of aryl methyl sites for hydroxylation is 1. The first kappa shape index (κ1) is 13.5. The standard InChI is InChI=1S/C14H17FN2O2/c1-10(18)12-3-4-14(13(15)7-12)19-6-5-11-8-16-17(2)9-11/h3-4,7-10,18H,5-6H2,1-2H3/t10-/m0/s1. The highest BCUT2D eigenvalue weighted by molar-refractivity contribution is 5.30. The second-order valence-corrected chi connectivity index (χ2v) is 4.49. The van der Waals surface area contributed by atoms with Crippen LogP contribution in [0.15, 0.2) is 30.6 Å². The molecular weight excluding hydrogens is 247 g/mol. The van der Waals surface area contributed by atoms with Gasteiger partial charge < -0.3 is 9.84 Å². The molecule has 0 saturated carbocycles. The summed E-state index contributed by atoms with van der Waals surface area (Å²) in [6, 6.07) is 4.50. The van der Waals surface area contributed by atoms with Crippen molar-refractivity contribution in [3.8, 4) is 5.75 Å². The van der Waals surface area contributed by atoms with Crippen LogP contribution in [0, 0.1) is 5.82 Å². The quantitative estimate of drug-likeness (QED) is 0.901. The maximum absolute atomic E-state index is 13.7. The normalized spacial score (nSPS) is 12.4. The summed E-state index contributed by atoms with van der Waals surface area (Å²) < 4.78 is 20.8. The molecule has 1 aromatic heterocycles. The minimum atomic E-state index is -0.682. The molecule has 1 aromatic carbocycles. The molecule has 4 nitrogen and oxygen atoms in total. The Morgan fingerprint density at radius 2 is 2.26 bits per heavy atom. The minimum absolute atomic E-state index is 0.202. The molecule has 0 amide bonds. The number of aromatic nitrogens is 2. The average molecular weight is 264 g/mol. The Labute approximate surface area is 111 Å². The molecule has 0 bridgehead atoms. The lowest BCUT2D eigenvalue weighted by Crippen LogP contribution is -2.03. The molecule has 1 atom stereocenters. The van der Waals surface area contributed by atoms with Crippen LogP contribution < -0.4 is 4.74 Å². The van der Waals surface area contributed by atoms with Crippen molar-refractivity contribution in [3.63, 3.8) is 0 Å². The monoisotopic (exact) mass is 264 g/mol. The van der Waals surface area contributed by atoms with E-state index in [9.17, 15) is 9.50 Å². The fourth-order valence-corrected chi connectivity index (χ4v) is 1.77. The molecule has 2 rings (SSSR count). The van der Waals surface area contributed by atoms with Gasteiger partial charge in [0.15, 0.2) is 11.6 Å². The highest BCUT2D eigenvalue weighted by atomic mass is 19.1. The number of hydrogen-bond donors (Lipinski definition) is 1. The zero-order valence-electron chi connectivity index (χ0n) is 11.0. The van der Waals surface area contributed by atoms with Crippen LogP contribution in [-0.2, 0) is 13.5 Å². The van der Waals surface area contributed by atoms with Gasteiger partial charge in [-0.2, -0.15) is 5.10 Å². The van der Waals surface area contributed by atoms with Gasteiger partial charge in [-0.05, 0) is 30.2 Å². The van der Waals surface area contributed by atoms with Crippen LogP contribution in [0.25, 0.3) is 0 Å². The number of aliphatic hydroxyl groups excluding tert-OH is 1. The second kappa shape index (κ2) is 5.84. The molecular formula is C14H17FN2O2. The number of halogens is 1. The largest absolute Gasteiger partial charge is 0.490 e. The van der Waals surface area contributed by atoms with Gasteiger partial charge in [0, 0.05) is 19.7 Å². The molecule has 0 aliphatic heterocycles. The maximum atomic E-state index is 13.7. The van der Waals surface area contributed by atoms with Gasteiger partial charge in [0.2, 0.25) is 0 Å². The number of nitrogens with zero attached hydrogens (tertiary/aromatic N) is 2. The Balaban J connectivity index is 1.92. The average Bonchev–Trinajstić information content (AvgIpc) is 2.77. The first-order valence-corrected chi connectivity index (χ1v) is 6.14. The molecule has 0 spiro atoms. The zero-order chi connectivity index (χ0) is 13.8. The van der Waals surface area contributed by atoms with E-state index in [-0.39, 0.29) is 5.75 Å². The summed E-state index contributed by atoms with van der Waals surface area (Å²) >= 11 is 0. The fourth-order valence-electron chi connectivity index (χ4n) is 1.77. The van der Waals surface area contributed by atoms with Crippen LogP contribution in [-0.4, -0.2) is 21.5 Å². The van der Waals surface area contributed by atoms with E-state index in [2.05, 4.69) is 5.10 Å². The van der Waals surface area contributed by atoms with Gasteiger partial charge in [-0.1, -0.05) is 6.07 Å². The summed E-state index contributed by atoms with van der Waals surface area (Å²) in [4.78, 5) is 0. The fraction of sp³-hybridized carbons (Fsp3) is 0.357. The van der Waals surface area contributed by atoms with Crippen molar-refractivity contribution < 1.29 is 14.2 Å². The molecule has 0 saturated heterocycles. The summed E-state index contributed by atoms with van der Waals surface area (Å²) in [5.41, 5.74) is 1.58. The Morgan fingerprint density at radius 1 is 1.47 bits per heavy atom.